The first kappa shape index (κ1) is 22.7. The number of hydrogen-bond donors (Lipinski definition) is 1. The second kappa shape index (κ2) is 8.13. The zero-order valence-electron chi connectivity index (χ0n) is 18.3. The molecule has 11 heteroatoms. The molecule has 0 fully saturated rings. The molecule has 0 spiro atoms. The number of hydrogen-bond acceptors (Lipinski definition) is 6. The molecule has 0 aliphatic heterocycles. The first-order chi connectivity index (χ1) is 15.5. The van der Waals surface area contributed by atoms with Gasteiger partial charge in [-0.1, -0.05) is 11.6 Å². The quantitative estimate of drug-likeness (QED) is 0.422. The summed E-state index contributed by atoms with van der Waals surface area (Å²) in [6.45, 7) is 3.43. The molecule has 9 nitrogen and oxygen atoms in total. The highest BCUT2D eigenvalue weighted by Crippen LogP contribution is 2.42. The smallest absolute Gasteiger partial charge is 0.420 e. The monoisotopic (exact) mass is 488 g/mol. The molecule has 2 N–H and O–H groups in total. The number of amides is 1. The lowest BCUT2D eigenvalue weighted by Gasteiger charge is -2.17. The van der Waals surface area contributed by atoms with E-state index in [2.05, 4.69) is 9.28 Å². The summed E-state index contributed by atoms with van der Waals surface area (Å²) >= 11 is 6.15. The molecule has 0 saturated carbocycles. The summed E-state index contributed by atoms with van der Waals surface area (Å²) in [5.74, 6) is 1.12. The van der Waals surface area contributed by atoms with Gasteiger partial charge in [-0.2, -0.15) is 13.5 Å². The van der Waals surface area contributed by atoms with E-state index in [-0.39, 0.29) is 4.90 Å². The van der Waals surface area contributed by atoms with Crippen molar-refractivity contribution in [3.63, 3.8) is 0 Å². The Balaban J connectivity index is 2.05. The minimum atomic E-state index is -4.44. The van der Waals surface area contributed by atoms with E-state index < -0.39 is 16.2 Å². The molecule has 0 atom stereocenters. The molecule has 2 heterocycles. The van der Waals surface area contributed by atoms with Crippen LogP contribution >= 0.6 is 11.6 Å². The van der Waals surface area contributed by atoms with Gasteiger partial charge in [0.1, 0.15) is 16.5 Å². The van der Waals surface area contributed by atoms with Crippen LogP contribution in [0, 0.1) is 13.8 Å². The van der Waals surface area contributed by atoms with Crippen molar-refractivity contribution < 1.29 is 22.1 Å². The Labute approximate surface area is 195 Å². The van der Waals surface area contributed by atoms with Crippen molar-refractivity contribution in [2.24, 2.45) is 12.8 Å². The van der Waals surface area contributed by atoms with Gasteiger partial charge >= 0.3 is 16.2 Å². The summed E-state index contributed by atoms with van der Waals surface area (Å²) in [7, 11) is -1.15. The lowest BCUT2D eigenvalue weighted by Crippen LogP contribution is -2.19. The maximum absolute atomic E-state index is 12.7. The average Bonchev–Trinajstić information content (AvgIpc) is 3.25. The summed E-state index contributed by atoms with van der Waals surface area (Å²) in [4.78, 5) is 11.0. The van der Waals surface area contributed by atoms with Crippen molar-refractivity contribution in [3.8, 4) is 22.7 Å². The van der Waals surface area contributed by atoms with E-state index in [9.17, 15) is 13.2 Å². The van der Waals surface area contributed by atoms with Gasteiger partial charge in [0, 0.05) is 29.2 Å². The van der Waals surface area contributed by atoms with Crippen molar-refractivity contribution in [2.75, 3.05) is 7.11 Å². The second-order valence-corrected chi connectivity index (χ2v) is 9.37. The van der Waals surface area contributed by atoms with E-state index in [1.54, 1.807) is 24.7 Å². The van der Waals surface area contributed by atoms with E-state index in [4.69, 9.17) is 22.1 Å². The van der Waals surface area contributed by atoms with E-state index in [1.165, 1.54) is 19.2 Å². The Morgan fingerprint density at radius 3 is 2.52 bits per heavy atom. The van der Waals surface area contributed by atoms with Crippen LogP contribution in [0.3, 0.4) is 0 Å². The summed E-state index contributed by atoms with van der Waals surface area (Å²) in [6, 6.07) is 10.3. The van der Waals surface area contributed by atoms with Crippen LogP contribution in [0.2, 0.25) is 5.02 Å². The molecule has 0 aliphatic carbocycles. The van der Waals surface area contributed by atoms with Crippen LogP contribution < -0.4 is 10.5 Å². The Hall–Kier alpha value is -3.50. The molecule has 0 radical (unpaired) electrons. The number of methoxy groups -OCH3 is 1. The number of nitrogens with two attached hydrogens (primary N) is 1. The van der Waals surface area contributed by atoms with Crippen LogP contribution in [0.5, 0.6) is 5.75 Å². The number of benzene rings is 2. The number of ether oxygens (including phenoxy) is 1. The van der Waals surface area contributed by atoms with Gasteiger partial charge in [0.15, 0.2) is 0 Å². The lowest BCUT2D eigenvalue weighted by molar-refractivity contribution is 0.212. The molecular formula is C22H21ClN4O5S. The van der Waals surface area contributed by atoms with Gasteiger partial charge in [-0.05, 0) is 55.8 Å². The SMILES string of the molecule is COc1ccc(S(=O)(=O)OC(N)=O)c(C)c1-c1c(C)nn(C)c1-n1ccc2cc(Cl)ccc21. The minimum Gasteiger partial charge on any atom is -0.496 e. The molecule has 4 aromatic rings. The van der Waals surface area contributed by atoms with Crippen molar-refractivity contribution in [1.29, 1.82) is 0 Å². The number of rotatable bonds is 5. The van der Waals surface area contributed by atoms with E-state index in [0.717, 1.165) is 10.9 Å². The predicted octanol–water partition coefficient (Wildman–Crippen LogP) is 4.09. The van der Waals surface area contributed by atoms with Gasteiger partial charge in [0.25, 0.3) is 0 Å². The maximum atomic E-state index is 12.7. The summed E-state index contributed by atoms with van der Waals surface area (Å²) in [5, 5.41) is 6.13. The number of nitrogens with zero attached hydrogens (tertiary/aromatic N) is 3. The number of halogens is 1. The molecule has 33 heavy (non-hydrogen) atoms. The Morgan fingerprint density at radius 1 is 1.12 bits per heavy atom. The lowest BCUT2D eigenvalue weighted by atomic mass is 9.99. The van der Waals surface area contributed by atoms with E-state index in [1.807, 2.05) is 35.9 Å². The number of aryl methyl sites for hydroxylation is 2. The fourth-order valence-corrected chi connectivity index (χ4v) is 5.28. The summed E-state index contributed by atoms with van der Waals surface area (Å²) < 4.78 is 38.9. The second-order valence-electron chi connectivity index (χ2n) is 7.42. The predicted molar refractivity (Wildman–Crippen MR) is 124 cm³/mol. The number of fused-ring (bicyclic) bond motifs is 1. The van der Waals surface area contributed by atoms with Gasteiger partial charge in [-0.3, -0.25) is 4.68 Å². The first-order valence-electron chi connectivity index (χ1n) is 9.77. The third-order valence-electron chi connectivity index (χ3n) is 5.38. The normalized spacial score (nSPS) is 11.7. The average molecular weight is 489 g/mol. The summed E-state index contributed by atoms with van der Waals surface area (Å²) in [6.07, 6.45) is 0.474. The third-order valence-corrected chi connectivity index (χ3v) is 6.98. The number of carbonyl (C=O) groups is 1. The van der Waals surface area contributed by atoms with Gasteiger partial charge in [-0.15, -0.1) is 0 Å². The molecule has 4 rings (SSSR count). The molecule has 1 amide bonds. The molecule has 0 aliphatic rings. The fourth-order valence-electron chi connectivity index (χ4n) is 4.09. The van der Waals surface area contributed by atoms with Crippen LogP contribution in [-0.2, 0) is 21.3 Å². The standard InChI is InChI=1S/C22H21ClN4O5S/c1-12-18(33(29,30)32-22(24)28)8-7-17(31-4)19(12)20-13(2)25-26(3)21(20)27-10-9-14-11-15(23)5-6-16(14)27/h5-11H,1-4H3,(H2,24,28). The van der Waals surface area contributed by atoms with Gasteiger partial charge in [0.05, 0.1) is 23.9 Å². The van der Waals surface area contributed by atoms with E-state index in [0.29, 0.717) is 39.0 Å². The van der Waals surface area contributed by atoms with Crippen molar-refractivity contribution in [1.82, 2.24) is 14.3 Å². The topological polar surface area (TPSA) is 118 Å². The highest BCUT2D eigenvalue weighted by Gasteiger charge is 2.29. The van der Waals surface area contributed by atoms with Gasteiger partial charge < -0.3 is 19.2 Å². The van der Waals surface area contributed by atoms with Crippen LogP contribution in [-0.4, -0.2) is 36.0 Å². The van der Waals surface area contributed by atoms with Crippen molar-refractivity contribution in [3.05, 3.63) is 58.9 Å². The van der Waals surface area contributed by atoms with Crippen LogP contribution in [0.1, 0.15) is 11.3 Å². The number of primary amides is 1. The van der Waals surface area contributed by atoms with Gasteiger partial charge in [0.2, 0.25) is 0 Å². The molecule has 0 bridgehead atoms. The highest BCUT2D eigenvalue weighted by molar-refractivity contribution is 7.87. The molecular weight excluding hydrogens is 468 g/mol. The number of carbonyl (C=O) groups excluding carboxylic acids is 1. The highest BCUT2D eigenvalue weighted by atomic mass is 35.5. The van der Waals surface area contributed by atoms with Crippen LogP contribution in [0.15, 0.2) is 47.5 Å². The number of aromatic nitrogens is 3. The maximum Gasteiger partial charge on any atom is 0.420 e. The molecule has 0 unspecified atom stereocenters. The molecule has 172 valence electrons. The zero-order chi connectivity index (χ0) is 24.1. The Morgan fingerprint density at radius 2 is 1.85 bits per heavy atom. The molecule has 2 aromatic heterocycles. The van der Waals surface area contributed by atoms with E-state index >= 15 is 0 Å². The largest absolute Gasteiger partial charge is 0.496 e. The molecule has 2 aromatic carbocycles. The first-order valence-corrected chi connectivity index (χ1v) is 11.6. The third kappa shape index (κ3) is 3.81. The Bertz CT molecular complexity index is 1520. The minimum absolute atomic E-state index is 0.199. The van der Waals surface area contributed by atoms with Crippen molar-refractivity contribution >= 4 is 38.7 Å². The van der Waals surface area contributed by atoms with Crippen LogP contribution in [0.4, 0.5) is 4.79 Å². The Kier molecular flexibility index (Phi) is 5.59. The van der Waals surface area contributed by atoms with Gasteiger partial charge in [-0.25, -0.2) is 4.79 Å². The zero-order valence-corrected chi connectivity index (χ0v) is 19.9. The molecule has 0 saturated heterocycles. The fraction of sp³-hybridized carbons (Fsp3) is 0.182. The van der Waals surface area contributed by atoms with Crippen LogP contribution in [0.25, 0.3) is 27.8 Å². The summed E-state index contributed by atoms with van der Waals surface area (Å²) in [5.41, 5.74) is 7.99. The van der Waals surface area contributed by atoms with Crippen molar-refractivity contribution in [2.45, 2.75) is 18.7 Å².